The van der Waals surface area contributed by atoms with Crippen molar-refractivity contribution in [3.63, 3.8) is 0 Å². The number of ether oxygens (including phenoxy) is 5. The lowest BCUT2D eigenvalue weighted by atomic mass is 9.98. The van der Waals surface area contributed by atoms with E-state index in [1.54, 1.807) is 49.8 Å². The highest BCUT2D eigenvalue weighted by Gasteiger charge is 2.22. The van der Waals surface area contributed by atoms with Crippen LogP contribution in [0.4, 0.5) is 0 Å². The van der Waals surface area contributed by atoms with Crippen LogP contribution >= 0.6 is 0 Å². The predicted octanol–water partition coefficient (Wildman–Crippen LogP) is 6.06. The average Bonchev–Trinajstić information content (AvgIpc) is 3.01. The number of rotatable bonds is 10. The van der Waals surface area contributed by atoms with E-state index in [2.05, 4.69) is 4.98 Å². The molecule has 204 valence electrons. The SMILES string of the molecule is COc1cncc(Cc2c(-c3cc(OC)c(OC)c(OC)c3)oc3cc(OCc4ccccc4)ccc3c2=O)c1. The summed E-state index contributed by atoms with van der Waals surface area (Å²) in [6.45, 7) is 0.386. The number of hydrogen-bond acceptors (Lipinski definition) is 8. The highest BCUT2D eigenvalue weighted by Crippen LogP contribution is 2.42. The second-order valence-electron chi connectivity index (χ2n) is 8.99. The first-order chi connectivity index (χ1) is 19.5. The van der Waals surface area contributed by atoms with Crippen molar-refractivity contribution in [2.45, 2.75) is 13.0 Å². The highest BCUT2D eigenvalue weighted by atomic mass is 16.5. The third-order valence-electron chi connectivity index (χ3n) is 6.52. The van der Waals surface area contributed by atoms with Crippen molar-refractivity contribution in [3.8, 4) is 40.1 Å². The Labute approximate surface area is 231 Å². The molecule has 0 atom stereocenters. The van der Waals surface area contributed by atoms with Gasteiger partial charge in [0.15, 0.2) is 16.9 Å². The van der Waals surface area contributed by atoms with Gasteiger partial charge in [0.2, 0.25) is 5.75 Å². The van der Waals surface area contributed by atoms with E-state index in [-0.39, 0.29) is 11.8 Å². The van der Waals surface area contributed by atoms with Gasteiger partial charge in [0.25, 0.3) is 0 Å². The Balaban J connectivity index is 1.66. The summed E-state index contributed by atoms with van der Waals surface area (Å²) in [5, 5.41) is 0.439. The maximum absolute atomic E-state index is 14.0. The molecule has 0 amide bonds. The highest BCUT2D eigenvalue weighted by molar-refractivity contribution is 5.82. The number of pyridine rings is 1. The van der Waals surface area contributed by atoms with Crippen molar-refractivity contribution in [2.24, 2.45) is 0 Å². The number of methoxy groups -OCH3 is 4. The Morgan fingerprint density at radius 3 is 2.17 bits per heavy atom. The molecule has 0 saturated carbocycles. The summed E-state index contributed by atoms with van der Waals surface area (Å²) >= 11 is 0. The predicted molar refractivity (Wildman–Crippen MR) is 152 cm³/mol. The lowest BCUT2D eigenvalue weighted by Gasteiger charge is -2.16. The molecule has 0 aliphatic heterocycles. The van der Waals surface area contributed by atoms with Crippen molar-refractivity contribution in [2.75, 3.05) is 28.4 Å². The van der Waals surface area contributed by atoms with Crippen LogP contribution in [0, 0.1) is 0 Å². The topological polar surface area (TPSA) is 89.2 Å². The van der Waals surface area contributed by atoms with E-state index < -0.39 is 0 Å². The van der Waals surface area contributed by atoms with Gasteiger partial charge in [-0.1, -0.05) is 30.3 Å². The van der Waals surface area contributed by atoms with Crippen LogP contribution in [0.25, 0.3) is 22.3 Å². The Hall–Kier alpha value is -4.98. The van der Waals surface area contributed by atoms with Gasteiger partial charge >= 0.3 is 0 Å². The lowest BCUT2D eigenvalue weighted by Crippen LogP contribution is -2.12. The summed E-state index contributed by atoms with van der Waals surface area (Å²) in [4.78, 5) is 18.2. The minimum absolute atomic E-state index is 0.164. The summed E-state index contributed by atoms with van der Waals surface area (Å²) in [6.07, 6.45) is 3.58. The van der Waals surface area contributed by atoms with Crippen LogP contribution in [0.2, 0.25) is 0 Å². The number of fused-ring (bicyclic) bond motifs is 1. The Morgan fingerprint density at radius 2 is 1.50 bits per heavy atom. The van der Waals surface area contributed by atoms with Crippen LogP contribution < -0.4 is 29.1 Å². The molecule has 0 fully saturated rings. The van der Waals surface area contributed by atoms with Crippen LogP contribution in [0.1, 0.15) is 16.7 Å². The van der Waals surface area contributed by atoms with Crippen molar-refractivity contribution in [1.29, 1.82) is 0 Å². The van der Waals surface area contributed by atoms with Crippen molar-refractivity contribution in [3.05, 3.63) is 106 Å². The molecular weight excluding hydrogens is 510 g/mol. The van der Waals surface area contributed by atoms with Gasteiger partial charge in [-0.05, 0) is 41.5 Å². The zero-order chi connectivity index (χ0) is 28.1. The number of benzene rings is 3. The summed E-state index contributed by atoms with van der Waals surface area (Å²) < 4.78 is 34.4. The normalized spacial score (nSPS) is 10.8. The molecule has 2 aromatic heterocycles. The first-order valence-corrected chi connectivity index (χ1v) is 12.6. The largest absolute Gasteiger partial charge is 0.495 e. The summed E-state index contributed by atoms with van der Waals surface area (Å²) in [7, 11) is 6.19. The molecule has 0 unspecified atom stereocenters. The molecule has 40 heavy (non-hydrogen) atoms. The van der Waals surface area contributed by atoms with E-state index in [4.69, 9.17) is 28.1 Å². The minimum Gasteiger partial charge on any atom is -0.495 e. The molecule has 8 heteroatoms. The van der Waals surface area contributed by atoms with Crippen LogP contribution in [0.3, 0.4) is 0 Å². The molecule has 0 aliphatic carbocycles. The smallest absolute Gasteiger partial charge is 0.203 e. The van der Waals surface area contributed by atoms with Gasteiger partial charge < -0.3 is 28.1 Å². The van der Waals surface area contributed by atoms with Gasteiger partial charge in [0.1, 0.15) is 29.4 Å². The van der Waals surface area contributed by atoms with Gasteiger partial charge in [-0.25, -0.2) is 0 Å². The molecule has 3 aromatic carbocycles. The molecule has 0 radical (unpaired) electrons. The Morgan fingerprint density at radius 1 is 0.750 bits per heavy atom. The zero-order valence-corrected chi connectivity index (χ0v) is 22.7. The fourth-order valence-corrected chi connectivity index (χ4v) is 4.52. The molecule has 0 bridgehead atoms. The fourth-order valence-electron chi connectivity index (χ4n) is 4.52. The first kappa shape index (κ1) is 26.6. The van der Waals surface area contributed by atoms with E-state index in [1.165, 1.54) is 21.3 Å². The zero-order valence-electron chi connectivity index (χ0n) is 22.7. The van der Waals surface area contributed by atoms with Gasteiger partial charge in [0, 0.05) is 29.8 Å². The van der Waals surface area contributed by atoms with Gasteiger partial charge in [-0.2, -0.15) is 0 Å². The molecule has 8 nitrogen and oxygen atoms in total. The van der Waals surface area contributed by atoms with Crippen LogP contribution in [0.15, 0.2) is 88.3 Å². The Bertz CT molecular complexity index is 1670. The number of aromatic nitrogens is 1. The monoisotopic (exact) mass is 539 g/mol. The fraction of sp³-hybridized carbons (Fsp3) is 0.188. The van der Waals surface area contributed by atoms with Crippen LogP contribution in [0.5, 0.6) is 28.7 Å². The third-order valence-corrected chi connectivity index (χ3v) is 6.52. The molecule has 0 spiro atoms. The van der Waals surface area contributed by atoms with Crippen molar-refractivity contribution < 1.29 is 28.1 Å². The van der Waals surface area contributed by atoms with Crippen molar-refractivity contribution in [1.82, 2.24) is 4.98 Å². The number of nitrogens with zero attached hydrogens (tertiary/aromatic N) is 1. The standard InChI is InChI=1S/C32H29NO7/c1-35-24-12-21(17-33-18-24)13-26-30(34)25-11-10-23(39-19-20-8-6-5-7-9-20)16-27(25)40-31(26)22-14-28(36-2)32(38-4)29(15-22)37-3/h5-12,14-18H,13,19H2,1-4H3. The molecule has 5 rings (SSSR count). The quantitative estimate of drug-likeness (QED) is 0.212. The van der Waals surface area contributed by atoms with Crippen molar-refractivity contribution >= 4 is 11.0 Å². The van der Waals surface area contributed by atoms with Crippen LogP contribution in [-0.2, 0) is 13.0 Å². The molecular formula is C32H29NO7. The molecule has 0 aliphatic rings. The minimum atomic E-state index is -0.164. The third kappa shape index (κ3) is 5.42. The molecule has 5 aromatic rings. The molecule has 0 N–H and O–H groups in total. The molecule has 0 saturated heterocycles. The van der Waals surface area contributed by atoms with Gasteiger partial charge in [0.05, 0.1) is 40.0 Å². The Kier molecular flexibility index (Phi) is 7.87. The second-order valence-corrected chi connectivity index (χ2v) is 8.99. The van der Waals surface area contributed by atoms with Crippen LogP contribution in [-0.4, -0.2) is 33.4 Å². The maximum atomic E-state index is 14.0. The van der Waals surface area contributed by atoms with E-state index >= 15 is 0 Å². The second kappa shape index (κ2) is 11.8. The summed E-state index contributed by atoms with van der Waals surface area (Å²) in [5.74, 6) is 2.87. The van der Waals surface area contributed by atoms with E-state index in [0.29, 0.717) is 63.2 Å². The van der Waals surface area contributed by atoms with E-state index in [9.17, 15) is 4.79 Å². The average molecular weight is 540 g/mol. The van der Waals surface area contributed by atoms with Gasteiger partial charge in [-0.3, -0.25) is 9.78 Å². The lowest BCUT2D eigenvalue weighted by molar-refractivity contribution is 0.306. The molecule has 2 heterocycles. The number of hydrogen-bond donors (Lipinski definition) is 0. The maximum Gasteiger partial charge on any atom is 0.203 e. The van der Waals surface area contributed by atoms with Gasteiger partial charge in [-0.15, -0.1) is 0 Å². The van der Waals surface area contributed by atoms with E-state index in [0.717, 1.165) is 11.1 Å². The van der Waals surface area contributed by atoms with E-state index in [1.807, 2.05) is 36.4 Å². The summed E-state index contributed by atoms with van der Waals surface area (Å²) in [6, 6.07) is 20.5. The first-order valence-electron chi connectivity index (χ1n) is 12.6. The summed E-state index contributed by atoms with van der Waals surface area (Å²) in [5.41, 5.74) is 3.10.